The third-order valence-electron chi connectivity index (χ3n) is 4.07. The third kappa shape index (κ3) is 4.68. The van der Waals surface area contributed by atoms with Crippen molar-refractivity contribution < 1.29 is 9.53 Å². The van der Waals surface area contributed by atoms with Gasteiger partial charge in [0.2, 0.25) is 5.91 Å². The number of benzene rings is 1. The third-order valence-corrected chi connectivity index (χ3v) is 4.90. The maximum absolute atomic E-state index is 12.0. The zero-order valence-electron chi connectivity index (χ0n) is 14.0. The molecule has 1 saturated carbocycles. The number of nitrogens with zero attached hydrogens (tertiary/aromatic N) is 1. The van der Waals surface area contributed by atoms with Crippen LogP contribution >= 0.6 is 11.3 Å². The first-order valence-corrected chi connectivity index (χ1v) is 9.11. The van der Waals surface area contributed by atoms with Gasteiger partial charge in [0.1, 0.15) is 12.4 Å². The lowest BCUT2D eigenvalue weighted by molar-refractivity contribution is -0.117. The van der Waals surface area contributed by atoms with E-state index in [9.17, 15) is 4.79 Å². The van der Waals surface area contributed by atoms with Gasteiger partial charge in [-0.2, -0.15) is 0 Å². The molecule has 1 fully saturated rings. The Balaban J connectivity index is 1.60. The molecule has 1 heterocycles. The number of para-hydroxylation sites is 1. The number of amides is 1. The molecular weight excluding hydrogens is 320 g/mol. The van der Waals surface area contributed by atoms with Crippen molar-refractivity contribution in [3.63, 3.8) is 0 Å². The Morgan fingerprint density at radius 2 is 2.25 bits per heavy atom. The van der Waals surface area contributed by atoms with Crippen molar-refractivity contribution in [2.75, 3.05) is 0 Å². The number of hydrogen-bond donors (Lipinski definition) is 1. The molecular formula is C19H22N2O2S. The molecule has 1 aliphatic rings. The fraction of sp³-hybridized carbons (Fsp3) is 0.368. The van der Waals surface area contributed by atoms with Gasteiger partial charge in [0.15, 0.2) is 0 Å². The average Bonchev–Trinajstić information content (AvgIpc) is 3.34. The number of thiazole rings is 1. The molecule has 24 heavy (non-hydrogen) atoms. The van der Waals surface area contributed by atoms with E-state index in [2.05, 4.69) is 17.2 Å². The average molecular weight is 342 g/mol. The van der Waals surface area contributed by atoms with Gasteiger partial charge in [0.25, 0.3) is 0 Å². The summed E-state index contributed by atoms with van der Waals surface area (Å²) in [6.45, 7) is 4.47. The zero-order chi connectivity index (χ0) is 16.9. The van der Waals surface area contributed by atoms with Crippen LogP contribution in [-0.2, 0) is 11.4 Å². The molecule has 0 aliphatic heterocycles. The number of carbonyl (C=O) groups is 1. The van der Waals surface area contributed by atoms with Crippen LogP contribution in [0.2, 0.25) is 0 Å². The van der Waals surface area contributed by atoms with Gasteiger partial charge in [-0.05, 0) is 44.7 Å². The number of rotatable bonds is 7. The summed E-state index contributed by atoms with van der Waals surface area (Å²) < 4.78 is 5.86. The Labute approximate surface area is 146 Å². The predicted octanol–water partition coefficient (Wildman–Crippen LogP) is 3.96. The number of nitrogens with one attached hydrogen (secondary N) is 1. The van der Waals surface area contributed by atoms with Crippen molar-refractivity contribution in [3.8, 4) is 5.75 Å². The standard InChI is InChI=1S/C19H22N2O2S/c1-13(15-7-8-15)20-19(22)10-9-16-5-3-4-6-18(16)23-11-17-12-24-14(2)21-17/h3-6,9-10,12-13,15H,7-8,11H2,1-2H3,(H,20,22)/b10-9+. The summed E-state index contributed by atoms with van der Waals surface area (Å²) >= 11 is 1.61. The monoisotopic (exact) mass is 342 g/mol. The molecule has 0 bridgehead atoms. The van der Waals surface area contributed by atoms with Gasteiger partial charge in [-0.3, -0.25) is 4.79 Å². The highest BCUT2D eigenvalue weighted by Crippen LogP contribution is 2.32. The van der Waals surface area contributed by atoms with Gasteiger partial charge >= 0.3 is 0 Å². The van der Waals surface area contributed by atoms with Gasteiger partial charge in [0.05, 0.1) is 10.7 Å². The quantitative estimate of drug-likeness (QED) is 0.775. The highest BCUT2D eigenvalue weighted by molar-refractivity contribution is 7.09. The number of carbonyl (C=O) groups excluding carboxylic acids is 1. The van der Waals surface area contributed by atoms with E-state index in [1.807, 2.05) is 36.6 Å². The maximum Gasteiger partial charge on any atom is 0.244 e. The number of hydrogen-bond acceptors (Lipinski definition) is 4. The fourth-order valence-electron chi connectivity index (χ4n) is 2.53. The minimum absolute atomic E-state index is 0.0562. The van der Waals surface area contributed by atoms with Crippen LogP contribution in [0.4, 0.5) is 0 Å². The first-order valence-electron chi connectivity index (χ1n) is 8.23. The molecule has 1 unspecified atom stereocenters. The van der Waals surface area contributed by atoms with Crippen molar-refractivity contribution in [2.24, 2.45) is 5.92 Å². The van der Waals surface area contributed by atoms with Crippen LogP contribution in [0, 0.1) is 12.8 Å². The molecule has 1 atom stereocenters. The Morgan fingerprint density at radius 3 is 2.96 bits per heavy atom. The number of aryl methyl sites for hydroxylation is 1. The van der Waals surface area contributed by atoms with Crippen LogP contribution in [0.5, 0.6) is 5.75 Å². The second-order valence-corrected chi connectivity index (χ2v) is 7.21. The molecule has 3 rings (SSSR count). The van der Waals surface area contributed by atoms with Gasteiger partial charge in [-0.25, -0.2) is 4.98 Å². The minimum atomic E-state index is -0.0562. The molecule has 1 amide bonds. The first-order chi connectivity index (χ1) is 11.6. The maximum atomic E-state index is 12.0. The smallest absolute Gasteiger partial charge is 0.244 e. The molecule has 2 aromatic rings. The molecule has 1 aromatic heterocycles. The molecule has 1 N–H and O–H groups in total. The Morgan fingerprint density at radius 1 is 1.46 bits per heavy atom. The van der Waals surface area contributed by atoms with Gasteiger partial charge < -0.3 is 10.1 Å². The van der Waals surface area contributed by atoms with E-state index < -0.39 is 0 Å². The van der Waals surface area contributed by atoms with Crippen molar-refractivity contribution in [1.82, 2.24) is 10.3 Å². The van der Waals surface area contributed by atoms with E-state index in [1.165, 1.54) is 12.8 Å². The van der Waals surface area contributed by atoms with Gasteiger partial charge in [-0.15, -0.1) is 11.3 Å². The van der Waals surface area contributed by atoms with E-state index >= 15 is 0 Å². The van der Waals surface area contributed by atoms with Crippen LogP contribution in [0.1, 0.15) is 36.0 Å². The Hall–Kier alpha value is -2.14. The lowest BCUT2D eigenvalue weighted by Gasteiger charge is -2.11. The summed E-state index contributed by atoms with van der Waals surface area (Å²) in [6.07, 6.45) is 5.82. The number of ether oxygens (including phenoxy) is 1. The summed E-state index contributed by atoms with van der Waals surface area (Å²) in [5.74, 6) is 1.35. The van der Waals surface area contributed by atoms with Crippen molar-refractivity contribution in [2.45, 2.75) is 39.3 Å². The summed E-state index contributed by atoms with van der Waals surface area (Å²) in [4.78, 5) is 16.4. The lowest BCUT2D eigenvalue weighted by atomic mass is 10.1. The van der Waals surface area contributed by atoms with Crippen molar-refractivity contribution in [3.05, 3.63) is 52.0 Å². The SMILES string of the molecule is Cc1nc(COc2ccccc2/C=C/C(=O)NC(C)C2CC2)cs1. The normalized spacial score (nSPS) is 15.4. The van der Waals surface area contributed by atoms with E-state index in [0.29, 0.717) is 12.5 Å². The second-order valence-electron chi connectivity index (χ2n) is 6.15. The molecule has 1 aromatic carbocycles. The molecule has 1 aliphatic carbocycles. The summed E-state index contributed by atoms with van der Waals surface area (Å²) in [7, 11) is 0. The summed E-state index contributed by atoms with van der Waals surface area (Å²) in [5.41, 5.74) is 1.81. The van der Waals surface area contributed by atoms with Gasteiger partial charge in [-0.1, -0.05) is 18.2 Å². The highest BCUT2D eigenvalue weighted by Gasteiger charge is 2.28. The molecule has 5 heteroatoms. The van der Waals surface area contributed by atoms with E-state index in [1.54, 1.807) is 23.5 Å². The lowest BCUT2D eigenvalue weighted by Crippen LogP contribution is -2.32. The van der Waals surface area contributed by atoms with Crippen LogP contribution in [0.25, 0.3) is 6.08 Å². The second kappa shape index (κ2) is 7.62. The van der Waals surface area contributed by atoms with Crippen molar-refractivity contribution in [1.29, 1.82) is 0 Å². The van der Waals surface area contributed by atoms with Crippen LogP contribution < -0.4 is 10.1 Å². The molecule has 0 saturated heterocycles. The van der Waals surface area contributed by atoms with Gasteiger partial charge in [0, 0.05) is 23.1 Å². The summed E-state index contributed by atoms with van der Waals surface area (Å²) in [5, 5.41) is 6.05. The topological polar surface area (TPSA) is 51.2 Å². The fourth-order valence-corrected chi connectivity index (χ4v) is 3.13. The van der Waals surface area contributed by atoms with E-state index in [4.69, 9.17) is 4.74 Å². The largest absolute Gasteiger partial charge is 0.487 e. The highest BCUT2D eigenvalue weighted by atomic mass is 32.1. The Bertz CT molecular complexity index is 734. The van der Waals surface area contributed by atoms with Crippen LogP contribution in [-0.4, -0.2) is 16.9 Å². The van der Waals surface area contributed by atoms with E-state index in [-0.39, 0.29) is 11.9 Å². The zero-order valence-corrected chi connectivity index (χ0v) is 14.8. The van der Waals surface area contributed by atoms with Crippen LogP contribution in [0.15, 0.2) is 35.7 Å². The minimum Gasteiger partial charge on any atom is -0.487 e. The molecule has 4 nitrogen and oxygen atoms in total. The van der Waals surface area contributed by atoms with E-state index in [0.717, 1.165) is 22.0 Å². The predicted molar refractivity (Wildman–Crippen MR) is 97.0 cm³/mol. The van der Waals surface area contributed by atoms with Crippen LogP contribution in [0.3, 0.4) is 0 Å². The van der Waals surface area contributed by atoms with Crippen molar-refractivity contribution >= 4 is 23.3 Å². The molecule has 0 spiro atoms. The Kier molecular flexibility index (Phi) is 5.30. The number of aromatic nitrogens is 1. The first kappa shape index (κ1) is 16.7. The molecule has 126 valence electrons. The molecule has 0 radical (unpaired) electrons. The summed E-state index contributed by atoms with van der Waals surface area (Å²) in [6, 6.07) is 7.96.